The second kappa shape index (κ2) is 11.4. The Balaban J connectivity index is -0.0000000535. The molecule has 0 atom stereocenters. The largest absolute Gasteiger partial charge is 0.199 e. The van der Waals surface area contributed by atoms with E-state index in [-0.39, 0.29) is 19.5 Å². The van der Waals surface area contributed by atoms with Crippen LogP contribution >= 0.6 is 0 Å². The van der Waals surface area contributed by atoms with Crippen molar-refractivity contribution in [3.8, 4) is 6.07 Å². The van der Waals surface area contributed by atoms with E-state index in [1.54, 1.807) is 6.07 Å². The second-order valence-corrected chi connectivity index (χ2v) is 2.60. The summed E-state index contributed by atoms with van der Waals surface area (Å²) in [5.74, 6) is 0. The summed E-state index contributed by atoms with van der Waals surface area (Å²) in [5.41, 5.74) is 0. The molecule has 0 aliphatic rings. The molecule has 0 saturated carbocycles. The van der Waals surface area contributed by atoms with Crippen molar-refractivity contribution in [1.29, 1.82) is 5.26 Å². The Morgan fingerprint density at radius 2 is 0.929 bits per heavy atom. The van der Waals surface area contributed by atoms with Crippen LogP contribution in [0.1, 0.15) is 6.92 Å². The molecule has 12 heteroatoms. The molecule has 0 aromatic rings. The van der Waals surface area contributed by atoms with E-state index in [1.165, 1.54) is 6.92 Å². The van der Waals surface area contributed by atoms with Gasteiger partial charge in [0.2, 0.25) is 0 Å². The fourth-order valence-electron chi connectivity index (χ4n) is 0. The predicted molar refractivity (Wildman–Crippen MR) is 15.7 cm³/mol. The Labute approximate surface area is 95.7 Å². The van der Waals surface area contributed by atoms with Crippen molar-refractivity contribution in [3.05, 3.63) is 0 Å². The SMILES string of the molecule is CC#N.[O-][Cl+3]([O-])([O-])O.[O-][Cl+3]([O-])([O-])O.[Zn]. The predicted octanol–water partition coefficient (Wildman–Crippen LogP) is -7.72. The first-order valence-electron chi connectivity index (χ1n) is 1.99. The van der Waals surface area contributed by atoms with Gasteiger partial charge in [0, 0.05) is 26.4 Å². The minimum Gasteiger partial charge on any atom is -0.199 e. The van der Waals surface area contributed by atoms with E-state index in [2.05, 4.69) is 0 Å². The van der Waals surface area contributed by atoms with Crippen molar-refractivity contribution in [2.24, 2.45) is 0 Å². The van der Waals surface area contributed by atoms with E-state index in [1.807, 2.05) is 0 Å². The molecule has 0 heterocycles. The van der Waals surface area contributed by atoms with Crippen molar-refractivity contribution in [1.82, 2.24) is 0 Å². The minimum absolute atomic E-state index is 0. The summed E-state index contributed by atoms with van der Waals surface area (Å²) in [6.45, 7) is 1.43. The van der Waals surface area contributed by atoms with E-state index in [9.17, 15) is 0 Å². The van der Waals surface area contributed by atoms with Crippen LogP contribution in [0, 0.1) is 31.8 Å². The maximum absolute atomic E-state index is 8.60. The first-order chi connectivity index (χ1) is 5.41. The first-order valence-corrected chi connectivity index (χ1v) is 4.52. The Kier molecular flexibility index (Phi) is 19.5. The van der Waals surface area contributed by atoms with Gasteiger partial charge in [0.25, 0.3) is 0 Å². The van der Waals surface area contributed by atoms with Crippen LogP contribution in [-0.4, -0.2) is 9.32 Å². The van der Waals surface area contributed by atoms with Crippen molar-refractivity contribution in [2.75, 3.05) is 0 Å². The number of nitrogens with zero attached hydrogens (tertiary/aromatic N) is 1. The maximum atomic E-state index is 8.60. The molecule has 0 bridgehead atoms. The summed E-state index contributed by atoms with van der Waals surface area (Å²) in [4.78, 5) is 0. The van der Waals surface area contributed by atoms with Crippen LogP contribution in [0.2, 0.25) is 0 Å². The Hall–Kier alpha value is 0.373. The number of hydrogen-bond donors (Lipinski definition) is 2. The summed E-state index contributed by atoms with van der Waals surface area (Å²) in [6, 6.07) is 1.75. The standard InChI is InChI=1S/C2H3N.2ClHO4.Zn/c1-2-3;2*2-1(3,4)5;/h1H3;2*(H,2,3,4,5);. The molecule has 82 valence electrons. The van der Waals surface area contributed by atoms with Gasteiger partial charge in [0.1, 0.15) is 0 Å². The van der Waals surface area contributed by atoms with E-state index < -0.39 is 20.5 Å². The van der Waals surface area contributed by atoms with Crippen LogP contribution in [0.5, 0.6) is 0 Å². The third-order valence-electron chi connectivity index (χ3n) is 0. The summed E-state index contributed by atoms with van der Waals surface area (Å²) in [7, 11) is -9.39. The van der Waals surface area contributed by atoms with Crippen LogP contribution in [-0.2, 0) is 19.5 Å². The molecule has 0 amide bonds. The second-order valence-electron chi connectivity index (χ2n) is 1.02. The van der Waals surface area contributed by atoms with E-state index >= 15 is 0 Å². The van der Waals surface area contributed by atoms with Crippen molar-refractivity contribution >= 4 is 0 Å². The zero-order valence-electron chi connectivity index (χ0n) is 6.75. The molecule has 2 N–H and O–H groups in total. The normalized spacial score (nSPS) is 9.14. The van der Waals surface area contributed by atoms with Crippen LogP contribution < -0.4 is 28.0 Å². The molecule has 14 heavy (non-hydrogen) atoms. The van der Waals surface area contributed by atoms with Crippen LogP contribution in [0.15, 0.2) is 0 Å². The van der Waals surface area contributed by atoms with Gasteiger partial charge in [-0.15, -0.1) is 0 Å². The first kappa shape index (κ1) is 23.9. The molecule has 0 rings (SSSR count). The molecular weight excluding hydrogens is 302 g/mol. The Morgan fingerprint density at radius 1 is 0.929 bits per heavy atom. The number of nitriles is 1. The molecule has 0 aromatic heterocycles. The average Bonchev–Trinajstić information content (AvgIpc) is 1.52. The Bertz CT molecular complexity index is 123. The third kappa shape index (κ3) is 11500. The van der Waals surface area contributed by atoms with E-state index in [0.717, 1.165) is 0 Å². The van der Waals surface area contributed by atoms with E-state index in [4.69, 9.17) is 42.5 Å². The molecule has 0 aliphatic heterocycles. The topological polar surface area (TPSA) is 203 Å². The smallest absolute Gasteiger partial charge is 0.0777 e. The average molecular weight is 307 g/mol. The molecular formula is C2H5Cl2NO8Zn. The van der Waals surface area contributed by atoms with Crippen molar-refractivity contribution in [2.45, 2.75) is 6.92 Å². The zero-order valence-corrected chi connectivity index (χ0v) is 11.2. The summed E-state index contributed by atoms with van der Waals surface area (Å²) < 4.78 is 65.4. The molecule has 0 aliphatic carbocycles. The summed E-state index contributed by atoms with van der Waals surface area (Å²) in [5, 5.41) is 7.32. The van der Waals surface area contributed by atoms with Crippen LogP contribution in [0.4, 0.5) is 0 Å². The van der Waals surface area contributed by atoms with Gasteiger partial charge in [0.05, 0.1) is 35.9 Å². The van der Waals surface area contributed by atoms with E-state index in [0.29, 0.717) is 0 Å². The van der Waals surface area contributed by atoms with Gasteiger partial charge in [-0.05, 0) is 0 Å². The van der Waals surface area contributed by atoms with Crippen LogP contribution in [0.3, 0.4) is 0 Å². The molecule has 0 aromatic carbocycles. The number of halogens is 2. The summed E-state index contributed by atoms with van der Waals surface area (Å²) in [6.07, 6.45) is 0. The zero-order chi connectivity index (χ0) is 11.7. The summed E-state index contributed by atoms with van der Waals surface area (Å²) >= 11 is 0. The molecule has 0 spiro atoms. The third-order valence-corrected chi connectivity index (χ3v) is 0. The van der Waals surface area contributed by atoms with Crippen LogP contribution in [0.25, 0.3) is 0 Å². The Morgan fingerprint density at radius 3 is 0.929 bits per heavy atom. The maximum Gasteiger partial charge on any atom is 0.0777 e. The minimum atomic E-state index is -4.69. The molecule has 0 saturated heterocycles. The van der Waals surface area contributed by atoms with Gasteiger partial charge in [-0.1, -0.05) is 0 Å². The fourth-order valence-corrected chi connectivity index (χ4v) is 0. The monoisotopic (exact) mass is 305 g/mol. The van der Waals surface area contributed by atoms with Gasteiger partial charge in [0.15, 0.2) is 0 Å². The van der Waals surface area contributed by atoms with Crippen molar-refractivity contribution in [3.63, 3.8) is 0 Å². The van der Waals surface area contributed by atoms with Gasteiger partial charge < -0.3 is 0 Å². The molecule has 0 fully saturated rings. The number of rotatable bonds is 0. The quantitative estimate of drug-likeness (QED) is 0.407. The van der Waals surface area contributed by atoms with Gasteiger partial charge in [-0.3, -0.25) is 0 Å². The van der Waals surface area contributed by atoms with Gasteiger partial charge in [-0.2, -0.15) is 33.2 Å². The molecule has 9 nitrogen and oxygen atoms in total. The molecule has 0 radical (unpaired) electrons. The molecule has 0 unspecified atom stereocenters. The van der Waals surface area contributed by atoms with Crippen molar-refractivity contribution < 1.29 is 77.2 Å². The van der Waals surface area contributed by atoms with Gasteiger partial charge in [-0.25, -0.2) is 0 Å². The van der Waals surface area contributed by atoms with Gasteiger partial charge >= 0.3 is 0 Å². The fraction of sp³-hybridized carbons (Fsp3) is 0.500. The number of hydrogen-bond acceptors (Lipinski definition) is 9.